The first-order chi connectivity index (χ1) is 12.0. The van der Waals surface area contributed by atoms with Gasteiger partial charge in [-0.1, -0.05) is 30.3 Å². The molecule has 1 unspecified atom stereocenters. The van der Waals surface area contributed by atoms with Gasteiger partial charge in [0.15, 0.2) is 0 Å². The first-order valence-corrected chi connectivity index (χ1v) is 8.09. The third-order valence-corrected chi connectivity index (χ3v) is 4.08. The highest BCUT2D eigenvalue weighted by atomic mass is 16.5. The molecule has 1 heterocycles. The predicted molar refractivity (Wildman–Crippen MR) is 95.5 cm³/mol. The minimum Gasteiger partial charge on any atom is -0.497 e. The van der Waals surface area contributed by atoms with Crippen LogP contribution < -0.4 is 10.1 Å². The van der Waals surface area contributed by atoms with Crippen LogP contribution in [0.4, 0.5) is 0 Å². The van der Waals surface area contributed by atoms with Gasteiger partial charge in [0.05, 0.1) is 20.1 Å². The van der Waals surface area contributed by atoms with E-state index in [2.05, 4.69) is 5.32 Å². The number of carbonyl (C=O) groups excluding carboxylic acids is 1. The van der Waals surface area contributed by atoms with Gasteiger partial charge in [0, 0.05) is 5.39 Å². The van der Waals surface area contributed by atoms with Crippen molar-refractivity contribution in [2.75, 3.05) is 13.7 Å². The standard InChI is InChI=1S/C20H21NO4/c1-20(23,18-12-15-7-3-4-9-17(15)25-18)13-21-19(22)11-14-6-5-8-16(10-14)24-2/h3-10,12,23H,11,13H2,1-2H3,(H,21,22). The van der Waals surface area contributed by atoms with E-state index >= 15 is 0 Å². The number of para-hydroxylation sites is 1. The summed E-state index contributed by atoms with van der Waals surface area (Å²) in [5, 5.41) is 14.3. The van der Waals surface area contributed by atoms with Crippen LogP contribution in [-0.2, 0) is 16.8 Å². The van der Waals surface area contributed by atoms with E-state index in [9.17, 15) is 9.90 Å². The van der Waals surface area contributed by atoms with Crippen molar-refractivity contribution in [2.24, 2.45) is 0 Å². The SMILES string of the molecule is COc1cccc(CC(=O)NCC(C)(O)c2cc3ccccc3o2)c1. The largest absolute Gasteiger partial charge is 0.497 e. The average Bonchev–Trinajstić information content (AvgIpc) is 3.05. The summed E-state index contributed by atoms with van der Waals surface area (Å²) in [6, 6.07) is 16.7. The third-order valence-electron chi connectivity index (χ3n) is 4.08. The maximum atomic E-state index is 12.2. The molecule has 25 heavy (non-hydrogen) atoms. The van der Waals surface area contributed by atoms with Crippen molar-refractivity contribution in [1.29, 1.82) is 0 Å². The van der Waals surface area contributed by atoms with Crippen LogP contribution in [0.5, 0.6) is 5.75 Å². The van der Waals surface area contributed by atoms with E-state index in [0.29, 0.717) is 17.1 Å². The Morgan fingerprint density at radius 3 is 2.76 bits per heavy atom. The zero-order valence-electron chi connectivity index (χ0n) is 14.3. The highest BCUT2D eigenvalue weighted by molar-refractivity contribution is 5.79. The van der Waals surface area contributed by atoms with Crippen LogP contribution in [0.2, 0.25) is 0 Å². The number of carbonyl (C=O) groups is 1. The molecule has 1 aromatic heterocycles. The number of amides is 1. The highest BCUT2D eigenvalue weighted by Crippen LogP contribution is 2.27. The lowest BCUT2D eigenvalue weighted by Gasteiger charge is -2.21. The molecule has 2 N–H and O–H groups in total. The van der Waals surface area contributed by atoms with Gasteiger partial charge in [-0.05, 0) is 36.8 Å². The lowest BCUT2D eigenvalue weighted by atomic mass is 10.0. The molecule has 1 atom stereocenters. The minimum absolute atomic E-state index is 0.0651. The van der Waals surface area contributed by atoms with Gasteiger partial charge >= 0.3 is 0 Å². The predicted octanol–water partition coefficient (Wildman–Crippen LogP) is 3.01. The zero-order chi connectivity index (χ0) is 17.9. The van der Waals surface area contributed by atoms with Crippen LogP contribution in [0.1, 0.15) is 18.2 Å². The molecule has 0 radical (unpaired) electrons. The molecule has 0 fully saturated rings. The smallest absolute Gasteiger partial charge is 0.224 e. The maximum Gasteiger partial charge on any atom is 0.224 e. The quantitative estimate of drug-likeness (QED) is 0.724. The van der Waals surface area contributed by atoms with E-state index in [1.807, 2.05) is 48.5 Å². The number of furan rings is 1. The maximum absolute atomic E-state index is 12.2. The lowest BCUT2D eigenvalue weighted by Crippen LogP contribution is -2.39. The molecule has 0 bridgehead atoms. The summed E-state index contributed by atoms with van der Waals surface area (Å²) in [6.45, 7) is 1.69. The molecule has 0 aliphatic heterocycles. The van der Waals surface area contributed by atoms with Crippen molar-refractivity contribution >= 4 is 16.9 Å². The van der Waals surface area contributed by atoms with Crippen LogP contribution in [-0.4, -0.2) is 24.7 Å². The van der Waals surface area contributed by atoms with Crippen molar-refractivity contribution in [3.8, 4) is 5.75 Å². The third kappa shape index (κ3) is 4.00. The van der Waals surface area contributed by atoms with Gasteiger partial charge in [-0.15, -0.1) is 0 Å². The number of rotatable bonds is 6. The fourth-order valence-corrected chi connectivity index (χ4v) is 2.64. The molecular weight excluding hydrogens is 318 g/mol. The van der Waals surface area contributed by atoms with Gasteiger partial charge in [-0.3, -0.25) is 4.79 Å². The summed E-state index contributed by atoms with van der Waals surface area (Å²) in [4.78, 5) is 12.2. The molecular formula is C20H21NO4. The molecule has 5 heteroatoms. The number of benzene rings is 2. The number of aliphatic hydroxyl groups is 1. The Hall–Kier alpha value is -2.79. The topological polar surface area (TPSA) is 71.7 Å². The fourth-order valence-electron chi connectivity index (χ4n) is 2.64. The summed E-state index contributed by atoms with van der Waals surface area (Å²) in [7, 11) is 1.59. The molecule has 1 amide bonds. The molecule has 130 valence electrons. The van der Waals surface area contributed by atoms with Gasteiger partial charge in [-0.25, -0.2) is 0 Å². The average molecular weight is 339 g/mol. The van der Waals surface area contributed by atoms with Gasteiger partial charge in [0.1, 0.15) is 22.7 Å². The zero-order valence-corrected chi connectivity index (χ0v) is 14.3. The second-order valence-electron chi connectivity index (χ2n) is 6.23. The van der Waals surface area contributed by atoms with Crippen LogP contribution in [0.15, 0.2) is 59.0 Å². The van der Waals surface area contributed by atoms with E-state index in [1.165, 1.54) is 0 Å². The van der Waals surface area contributed by atoms with Gasteiger partial charge in [0.25, 0.3) is 0 Å². The minimum atomic E-state index is -1.29. The number of hydrogen-bond donors (Lipinski definition) is 2. The van der Waals surface area contributed by atoms with Gasteiger partial charge < -0.3 is 19.6 Å². The van der Waals surface area contributed by atoms with E-state index in [4.69, 9.17) is 9.15 Å². The van der Waals surface area contributed by atoms with E-state index in [0.717, 1.165) is 10.9 Å². The molecule has 3 aromatic rings. The molecule has 0 saturated carbocycles. The van der Waals surface area contributed by atoms with Crippen molar-refractivity contribution in [3.05, 3.63) is 65.9 Å². The van der Waals surface area contributed by atoms with E-state index < -0.39 is 5.60 Å². The number of methoxy groups -OCH3 is 1. The second-order valence-corrected chi connectivity index (χ2v) is 6.23. The summed E-state index contributed by atoms with van der Waals surface area (Å²) < 4.78 is 10.8. The number of hydrogen-bond acceptors (Lipinski definition) is 4. The molecule has 0 spiro atoms. The number of nitrogens with one attached hydrogen (secondary N) is 1. The molecule has 3 rings (SSSR count). The first kappa shape index (κ1) is 17.0. The molecule has 0 saturated heterocycles. The first-order valence-electron chi connectivity index (χ1n) is 8.09. The Balaban J connectivity index is 1.63. The Kier molecular flexibility index (Phi) is 4.76. The number of ether oxygens (including phenoxy) is 1. The van der Waals surface area contributed by atoms with Crippen LogP contribution >= 0.6 is 0 Å². The van der Waals surface area contributed by atoms with Crippen LogP contribution in [0.3, 0.4) is 0 Å². The highest BCUT2D eigenvalue weighted by Gasteiger charge is 2.28. The van der Waals surface area contributed by atoms with Crippen molar-refractivity contribution in [1.82, 2.24) is 5.32 Å². The Morgan fingerprint density at radius 1 is 1.20 bits per heavy atom. The number of fused-ring (bicyclic) bond motifs is 1. The summed E-state index contributed by atoms with van der Waals surface area (Å²) >= 11 is 0. The van der Waals surface area contributed by atoms with Crippen molar-refractivity contribution in [2.45, 2.75) is 18.9 Å². The summed E-state index contributed by atoms with van der Waals surface area (Å²) in [5.41, 5.74) is 0.268. The van der Waals surface area contributed by atoms with E-state index in [1.54, 1.807) is 20.1 Å². The fraction of sp³-hybridized carbons (Fsp3) is 0.250. The normalized spacial score (nSPS) is 13.4. The molecule has 0 aliphatic rings. The van der Waals surface area contributed by atoms with Gasteiger partial charge in [-0.2, -0.15) is 0 Å². The van der Waals surface area contributed by atoms with Crippen LogP contribution in [0, 0.1) is 0 Å². The van der Waals surface area contributed by atoms with E-state index in [-0.39, 0.29) is 18.9 Å². The van der Waals surface area contributed by atoms with Crippen molar-refractivity contribution in [3.63, 3.8) is 0 Å². The van der Waals surface area contributed by atoms with Crippen LogP contribution in [0.25, 0.3) is 11.0 Å². The summed E-state index contributed by atoms with van der Waals surface area (Å²) in [6.07, 6.45) is 0.216. The molecule has 2 aromatic carbocycles. The second kappa shape index (κ2) is 6.99. The summed E-state index contributed by atoms with van der Waals surface area (Å²) in [5.74, 6) is 0.958. The molecule has 5 nitrogen and oxygen atoms in total. The Labute approximate surface area is 146 Å². The van der Waals surface area contributed by atoms with Gasteiger partial charge in [0.2, 0.25) is 5.91 Å². The lowest BCUT2D eigenvalue weighted by molar-refractivity contribution is -0.121. The monoisotopic (exact) mass is 339 g/mol. The Morgan fingerprint density at radius 2 is 2.00 bits per heavy atom. The Bertz CT molecular complexity index is 849. The molecule has 0 aliphatic carbocycles. The van der Waals surface area contributed by atoms with Crippen molar-refractivity contribution < 1.29 is 19.1 Å².